The van der Waals surface area contributed by atoms with E-state index in [0.717, 1.165) is 40.8 Å². The molecule has 0 saturated heterocycles. The highest BCUT2D eigenvalue weighted by molar-refractivity contribution is 9.10. The van der Waals surface area contributed by atoms with Crippen molar-refractivity contribution in [2.45, 2.75) is 38.2 Å². The molecular weight excluding hydrogens is 326 g/mol. The standard InChI is InChI=1S/C18H26BrNO/c1-20(12-16-10-13-5-6-14(16)9-13)8-7-18(21)15-3-2-4-17(19)11-15/h2-4,11,13-14,16,18,21H,5-10,12H2,1H3. The number of aliphatic hydroxyl groups is 1. The van der Waals surface area contributed by atoms with Gasteiger partial charge in [0.05, 0.1) is 6.10 Å². The van der Waals surface area contributed by atoms with Crippen LogP contribution in [0.4, 0.5) is 0 Å². The molecule has 2 saturated carbocycles. The Bertz CT molecular complexity index is 478. The first-order valence-electron chi connectivity index (χ1n) is 8.24. The Morgan fingerprint density at radius 3 is 2.86 bits per heavy atom. The molecule has 2 aliphatic carbocycles. The fourth-order valence-corrected chi connectivity index (χ4v) is 4.73. The molecule has 3 rings (SSSR count). The summed E-state index contributed by atoms with van der Waals surface area (Å²) in [6, 6.07) is 8.01. The Labute approximate surface area is 136 Å². The lowest BCUT2D eigenvalue weighted by Crippen LogP contribution is -2.30. The second-order valence-corrected chi connectivity index (χ2v) is 7.97. The van der Waals surface area contributed by atoms with Crippen molar-refractivity contribution in [2.75, 3.05) is 20.1 Å². The Morgan fingerprint density at radius 2 is 2.19 bits per heavy atom. The molecule has 2 aliphatic rings. The molecule has 0 amide bonds. The van der Waals surface area contributed by atoms with Crippen LogP contribution in [0.5, 0.6) is 0 Å². The molecule has 1 aromatic rings. The second kappa shape index (κ2) is 6.80. The van der Waals surface area contributed by atoms with E-state index in [-0.39, 0.29) is 6.10 Å². The summed E-state index contributed by atoms with van der Waals surface area (Å²) in [5, 5.41) is 10.3. The van der Waals surface area contributed by atoms with Crippen LogP contribution in [0.2, 0.25) is 0 Å². The van der Waals surface area contributed by atoms with Gasteiger partial charge in [-0.05, 0) is 68.2 Å². The first-order chi connectivity index (χ1) is 10.1. The third-order valence-corrected chi connectivity index (χ3v) is 5.94. The van der Waals surface area contributed by atoms with Gasteiger partial charge >= 0.3 is 0 Å². The zero-order chi connectivity index (χ0) is 14.8. The lowest BCUT2D eigenvalue weighted by Gasteiger charge is -2.27. The average molecular weight is 352 g/mol. The molecule has 0 aliphatic heterocycles. The fourth-order valence-electron chi connectivity index (χ4n) is 4.31. The number of hydrogen-bond acceptors (Lipinski definition) is 2. The van der Waals surface area contributed by atoms with Crippen molar-refractivity contribution in [3.8, 4) is 0 Å². The quantitative estimate of drug-likeness (QED) is 0.828. The lowest BCUT2D eigenvalue weighted by atomic mass is 9.88. The maximum absolute atomic E-state index is 10.3. The van der Waals surface area contributed by atoms with E-state index in [1.54, 1.807) is 0 Å². The highest BCUT2D eigenvalue weighted by Gasteiger charge is 2.39. The van der Waals surface area contributed by atoms with Gasteiger partial charge in [-0.2, -0.15) is 0 Å². The summed E-state index contributed by atoms with van der Waals surface area (Å²) in [5.74, 6) is 2.94. The smallest absolute Gasteiger partial charge is 0.0802 e. The van der Waals surface area contributed by atoms with Gasteiger partial charge in [0, 0.05) is 17.6 Å². The minimum absolute atomic E-state index is 0.357. The average Bonchev–Trinajstić information content (AvgIpc) is 3.07. The molecule has 2 nitrogen and oxygen atoms in total. The van der Waals surface area contributed by atoms with E-state index in [0.29, 0.717) is 0 Å². The Hall–Kier alpha value is -0.380. The Balaban J connectivity index is 1.44. The van der Waals surface area contributed by atoms with E-state index < -0.39 is 0 Å². The van der Waals surface area contributed by atoms with E-state index in [2.05, 4.69) is 27.9 Å². The summed E-state index contributed by atoms with van der Waals surface area (Å²) in [6.07, 6.45) is 6.33. The van der Waals surface area contributed by atoms with Gasteiger partial charge in [0.1, 0.15) is 0 Å². The maximum Gasteiger partial charge on any atom is 0.0802 e. The maximum atomic E-state index is 10.3. The number of fused-ring (bicyclic) bond motifs is 2. The molecule has 2 fully saturated rings. The van der Waals surface area contributed by atoms with Gasteiger partial charge in [-0.3, -0.25) is 0 Å². The number of aliphatic hydroxyl groups excluding tert-OH is 1. The van der Waals surface area contributed by atoms with Crippen LogP contribution in [0.3, 0.4) is 0 Å². The normalized spacial score (nSPS) is 29.2. The van der Waals surface area contributed by atoms with Crippen LogP contribution in [-0.2, 0) is 0 Å². The van der Waals surface area contributed by atoms with Gasteiger partial charge in [0.2, 0.25) is 0 Å². The summed E-state index contributed by atoms with van der Waals surface area (Å²) in [4.78, 5) is 2.42. The first-order valence-corrected chi connectivity index (χ1v) is 9.03. The van der Waals surface area contributed by atoms with Crippen LogP contribution in [0.25, 0.3) is 0 Å². The molecule has 0 radical (unpaired) electrons. The highest BCUT2D eigenvalue weighted by Crippen LogP contribution is 2.48. The molecule has 2 bridgehead atoms. The summed E-state index contributed by atoms with van der Waals surface area (Å²) in [6.45, 7) is 2.19. The van der Waals surface area contributed by atoms with Gasteiger partial charge in [-0.15, -0.1) is 0 Å². The summed E-state index contributed by atoms with van der Waals surface area (Å²) in [5.41, 5.74) is 1.01. The third kappa shape index (κ3) is 3.88. The summed E-state index contributed by atoms with van der Waals surface area (Å²) in [7, 11) is 2.21. The van der Waals surface area contributed by atoms with E-state index >= 15 is 0 Å². The summed E-state index contributed by atoms with van der Waals surface area (Å²) < 4.78 is 1.04. The third-order valence-electron chi connectivity index (χ3n) is 5.45. The zero-order valence-corrected chi connectivity index (χ0v) is 14.4. The minimum Gasteiger partial charge on any atom is -0.388 e. The number of nitrogens with zero attached hydrogens (tertiary/aromatic N) is 1. The Kier molecular flexibility index (Phi) is 5.03. The van der Waals surface area contributed by atoms with Crippen molar-refractivity contribution in [2.24, 2.45) is 17.8 Å². The van der Waals surface area contributed by atoms with Gasteiger partial charge in [-0.1, -0.05) is 34.5 Å². The molecule has 4 atom stereocenters. The molecule has 3 heteroatoms. The van der Waals surface area contributed by atoms with Crippen LogP contribution < -0.4 is 0 Å². The Morgan fingerprint density at radius 1 is 1.33 bits per heavy atom. The SMILES string of the molecule is CN(CCC(O)c1cccc(Br)c1)CC1CC2CCC1C2. The number of benzene rings is 1. The van der Waals surface area contributed by atoms with E-state index in [1.807, 2.05) is 24.3 Å². The van der Waals surface area contributed by atoms with Crippen molar-refractivity contribution in [1.29, 1.82) is 0 Å². The molecule has 0 spiro atoms. The van der Waals surface area contributed by atoms with Crippen molar-refractivity contribution in [1.82, 2.24) is 4.90 Å². The number of rotatable bonds is 6. The lowest BCUT2D eigenvalue weighted by molar-refractivity contribution is 0.138. The largest absolute Gasteiger partial charge is 0.388 e. The molecule has 4 unspecified atom stereocenters. The van der Waals surface area contributed by atoms with Crippen LogP contribution in [0.1, 0.15) is 43.8 Å². The monoisotopic (exact) mass is 351 g/mol. The van der Waals surface area contributed by atoms with E-state index in [1.165, 1.54) is 32.2 Å². The van der Waals surface area contributed by atoms with Crippen LogP contribution >= 0.6 is 15.9 Å². The van der Waals surface area contributed by atoms with Crippen molar-refractivity contribution < 1.29 is 5.11 Å². The topological polar surface area (TPSA) is 23.5 Å². The number of hydrogen-bond donors (Lipinski definition) is 1. The van der Waals surface area contributed by atoms with Gasteiger partial charge < -0.3 is 10.0 Å². The van der Waals surface area contributed by atoms with Crippen LogP contribution in [0.15, 0.2) is 28.7 Å². The van der Waals surface area contributed by atoms with Gasteiger partial charge in [0.15, 0.2) is 0 Å². The minimum atomic E-state index is -0.357. The van der Waals surface area contributed by atoms with Crippen LogP contribution in [0, 0.1) is 17.8 Å². The van der Waals surface area contributed by atoms with Crippen molar-refractivity contribution in [3.05, 3.63) is 34.3 Å². The molecule has 0 heterocycles. The molecule has 116 valence electrons. The molecule has 21 heavy (non-hydrogen) atoms. The van der Waals surface area contributed by atoms with Crippen molar-refractivity contribution in [3.63, 3.8) is 0 Å². The molecule has 1 N–H and O–H groups in total. The van der Waals surface area contributed by atoms with E-state index in [4.69, 9.17) is 0 Å². The second-order valence-electron chi connectivity index (χ2n) is 7.06. The molecular formula is C18H26BrNO. The summed E-state index contributed by atoms with van der Waals surface area (Å²) >= 11 is 3.47. The zero-order valence-electron chi connectivity index (χ0n) is 12.8. The first kappa shape index (κ1) is 15.5. The van der Waals surface area contributed by atoms with Gasteiger partial charge in [-0.25, -0.2) is 0 Å². The molecule has 0 aromatic heterocycles. The molecule has 1 aromatic carbocycles. The van der Waals surface area contributed by atoms with Gasteiger partial charge in [0.25, 0.3) is 0 Å². The van der Waals surface area contributed by atoms with E-state index in [9.17, 15) is 5.11 Å². The fraction of sp³-hybridized carbons (Fsp3) is 0.667. The predicted octanol–water partition coefficient (Wildman–Crippen LogP) is 4.24. The van der Waals surface area contributed by atoms with Crippen LogP contribution in [-0.4, -0.2) is 30.1 Å². The number of halogens is 1. The van der Waals surface area contributed by atoms with Crippen molar-refractivity contribution >= 4 is 15.9 Å². The predicted molar refractivity (Wildman–Crippen MR) is 90.2 cm³/mol. The highest BCUT2D eigenvalue weighted by atomic mass is 79.9.